The van der Waals surface area contributed by atoms with Gasteiger partial charge in [-0.1, -0.05) is 0 Å². The van der Waals surface area contributed by atoms with E-state index in [4.69, 9.17) is 21.1 Å². The number of nitrogens with one attached hydrogen (secondary N) is 3. The molecule has 0 aromatic carbocycles. The topological polar surface area (TPSA) is 96.5 Å². The maximum Gasteiger partial charge on any atom is 0.305 e. The molecule has 2 heterocycles. The van der Waals surface area contributed by atoms with Crippen molar-refractivity contribution in [3.05, 3.63) is 54.4 Å². The van der Waals surface area contributed by atoms with Crippen molar-refractivity contribution in [3.8, 4) is 0 Å². The number of carbonyl (C=O) groups is 2. The number of thiocarbonyl (C=S) groups is 1. The minimum Gasteiger partial charge on any atom is -0.465 e. The molecule has 0 saturated heterocycles. The molecule has 0 fully saturated rings. The van der Waals surface area contributed by atoms with Crippen molar-refractivity contribution in [3.63, 3.8) is 0 Å². The Labute approximate surface area is 125 Å². The molecule has 21 heavy (non-hydrogen) atoms. The molecule has 0 spiro atoms. The Morgan fingerprint density at radius 1 is 1.10 bits per heavy atom. The van der Waals surface area contributed by atoms with Crippen LogP contribution in [0.1, 0.15) is 16.3 Å². The van der Waals surface area contributed by atoms with Crippen LogP contribution >= 0.6 is 12.2 Å². The van der Waals surface area contributed by atoms with Crippen molar-refractivity contribution in [1.82, 2.24) is 16.2 Å². The quantitative estimate of drug-likeness (QED) is 0.448. The fourth-order valence-corrected chi connectivity index (χ4v) is 1.46. The molecule has 0 aliphatic carbocycles. The van der Waals surface area contributed by atoms with Crippen molar-refractivity contribution in [2.75, 3.05) is 0 Å². The molecular formula is C13H11N3O4S. The van der Waals surface area contributed by atoms with E-state index in [0.717, 1.165) is 0 Å². The van der Waals surface area contributed by atoms with Gasteiger partial charge >= 0.3 is 5.91 Å². The van der Waals surface area contributed by atoms with Crippen LogP contribution in [0.2, 0.25) is 0 Å². The van der Waals surface area contributed by atoms with Gasteiger partial charge in [-0.15, -0.1) is 0 Å². The first-order valence-electron chi connectivity index (χ1n) is 5.81. The number of amides is 2. The van der Waals surface area contributed by atoms with Crippen molar-refractivity contribution >= 4 is 35.2 Å². The van der Waals surface area contributed by atoms with Gasteiger partial charge in [0, 0.05) is 6.08 Å². The third-order valence-electron chi connectivity index (χ3n) is 2.21. The lowest BCUT2D eigenvalue weighted by atomic mass is 10.4. The minimum absolute atomic E-state index is 0.0519. The molecule has 3 N–H and O–H groups in total. The van der Waals surface area contributed by atoms with Gasteiger partial charge in [0.25, 0.3) is 0 Å². The zero-order chi connectivity index (χ0) is 15.1. The Kier molecular flexibility index (Phi) is 4.89. The Morgan fingerprint density at radius 3 is 2.52 bits per heavy atom. The summed E-state index contributed by atoms with van der Waals surface area (Å²) in [5.41, 5.74) is 4.66. The highest BCUT2D eigenvalue weighted by molar-refractivity contribution is 7.80. The van der Waals surface area contributed by atoms with Crippen LogP contribution in [-0.4, -0.2) is 16.9 Å². The first kappa shape index (κ1) is 14.5. The Morgan fingerprint density at radius 2 is 1.86 bits per heavy atom. The van der Waals surface area contributed by atoms with E-state index in [0.29, 0.717) is 5.76 Å². The van der Waals surface area contributed by atoms with E-state index in [2.05, 4.69) is 16.2 Å². The average Bonchev–Trinajstić information content (AvgIpc) is 3.15. The predicted molar refractivity (Wildman–Crippen MR) is 77.8 cm³/mol. The lowest BCUT2D eigenvalue weighted by Crippen LogP contribution is -2.48. The largest absolute Gasteiger partial charge is 0.465 e. The van der Waals surface area contributed by atoms with Crippen LogP contribution in [0.25, 0.3) is 6.08 Å². The van der Waals surface area contributed by atoms with Crippen LogP contribution in [0.4, 0.5) is 0 Å². The third kappa shape index (κ3) is 4.62. The molecule has 2 aromatic rings. The summed E-state index contributed by atoms with van der Waals surface area (Å²) in [6.07, 6.45) is 5.60. The second-order valence-corrected chi connectivity index (χ2v) is 4.13. The second kappa shape index (κ2) is 7.06. The molecule has 7 nitrogen and oxygen atoms in total. The molecule has 0 radical (unpaired) electrons. The number of furan rings is 2. The van der Waals surface area contributed by atoms with Crippen LogP contribution in [0.5, 0.6) is 0 Å². The molecule has 2 amide bonds. The van der Waals surface area contributed by atoms with Gasteiger partial charge in [-0.25, -0.2) is 0 Å². The molecule has 0 aliphatic heterocycles. The maximum atomic E-state index is 11.5. The highest BCUT2D eigenvalue weighted by Gasteiger charge is 2.08. The Bertz CT molecular complexity index is 647. The fourth-order valence-electron chi connectivity index (χ4n) is 1.31. The van der Waals surface area contributed by atoms with E-state index in [1.54, 1.807) is 18.2 Å². The van der Waals surface area contributed by atoms with E-state index in [1.807, 2.05) is 0 Å². The van der Waals surface area contributed by atoms with Gasteiger partial charge < -0.3 is 8.83 Å². The number of carbonyl (C=O) groups excluding carboxylic acids is 2. The fraction of sp³-hybridized carbons (Fsp3) is 0. The molecule has 2 rings (SSSR count). The SMILES string of the molecule is O=C(/C=C/c1ccco1)NC(=S)NNC(=O)c1ccco1. The first-order chi connectivity index (χ1) is 10.1. The number of hydrazine groups is 1. The van der Waals surface area contributed by atoms with Gasteiger partial charge in [-0.3, -0.25) is 25.8 Å². The summed E-state index contributed by atoms with van der Waals surface area (Å²) >= 11 is 4.85. The van der Waals surface area contributed by atoms with Crippen molar-refractivity contribution in [2.45, 2.75) is 0 Å². The van der Waals surface area contributed by atoms with Crippen molar-refractivity contribution in [1.29, 1.82) is 0 Å². The van der Waals surface area contributed by atoms with Gasteiger partial charge in [-0.2, -0.15) is 0 Å². The minimum atomic E-state index is -0.511. The molecule has 0 saturated carbocycles. The van der Waals surface area contributed by atoms with Gasteiger partial charge in [-0.05, 0) is 42.6 Å². The lowest BCUT2D eigenvalue weighted by molar-refractivity contribution is -0.115. The Balaban J connectivity index is 1.74. The maximum absolute atomic E-state index is 11.5. The molecule has 0 bridgehead atoms. The van der Waals surface area contributed by atoms with Gasteiger partial charge in [0.05, 0.1) is 12.5 Å². The summed E-state index contributed by atoms with van der Waals surface area (Å²) in [6, 6.07) is 6.47. The summed E-state index contributed by atoms with van der Waals surface area (Å²) in [7, 11) is 0. The number of rotatable bonds is 3. The van der Waals surface area contributed by atoms with E-state index in [1.165, 1.54) is 30.7 Å². The summed E-state index contributed by atoms with van der Waals surface area (Å²) in [4.78, 5) is 23.0. The van der Waals surface area contributed by atoms with Gasteiger partial charge in [0.15, 0.2) is 10.9 Å². The van der Waals surface area contributed by atoms with Crippen LogP contribution in [0.15, 0.2) is 51.7 Å². The molecule has 0 aliphatic rings. The predicted octanol–water partition coefficient (Wildman–Crippen LogP) is 1.22. The van der Waals surface area contributed by atoms with E-state index in [-0.39, 0.29) is 10.9 Å². The highest BCUT2D eigenvalue weighted by Crippen LogP contribution is 2.01. The molecule has 0 unspecified atom stereocenters. The second-order valence-electron chi connectivity index (χ2n) is 3.72. The number of hydrogen-bond donors (Lipinski definition) is 3. The summed E-state index contributed by atoms with van der Waals surface area (Å²) < 4.78 is 9.91. The van der Waals surface area contributed by atoms with Crippen molar-refractivity contribution in [2.24, 2.45) is 0 Å². The lowest BCUT2D eigenvalue weighted by Gasteiger charge is -2.08. The summed E-state index contributed by atoms with van der Waals surface area (Å²) in [6.45, 7) is 0. The van der Waals surface area contributed by atoms with Gasteiger partial charge in [0.1, 0.15) is 5.76 Å². The monoisotopic (exact) mass is 305 g/mol. The molecule has 0 atom stereocenters. The van der Waals surface area contributed by atoms with Crippen LogP contribution in [0.3, 0.4) is 0 Å². The third-order valence-corrected chi connectivity index (χ3v) is 2.42. The Hall–Kier alpha value is -2.87. The number of hydrogen-bond acceptors (Lipinski definition) is 5. The first-order valence-corrected chi connectivity index (χ1v) is 6.22. The van der Waals surface area contributed by atoms with Crippen LogP contribution in [0, 0.1) is 0 Å². The molecule has 108 valence electrons. The smallest absolute Gasteiger partial charge is 0.305 e. The summed E-state index contributed by atoms with van der Waals surface area (Å²) in [5.74, 6) is -0.316. The molecule has 2 aromatic heterocycles. The normalized spacial score (nSPS) is 10.3. The van der Waals surface area contributed by atoms with Gasteiger partial charge in [0.2, 0.25) is 5.91 Å². The van der Waals surface area contributed by atoms with Crippen LogP contribution < -0.4 is 16.2 Å². The zero-order valence-electron chi connectivity index (χ0n) is 10.7. The summed E-state index contributed by atoms with van der Waals surface area (Å²) in [5, 5.41) is 2.30. The molecule has 8 heteroatoms. The van der Waals surface area contributed by atoms with E-state index < -0.39 is 11.8 Å². The van der Waals surface area contributed by atoms with Crippen molar-refractivity contribution < 1.29 is 18.4 Å². The average molecular weight is 305 g/mol. The molecular weight excluding hydrogens is 294 g/mol. The van der Waals surface area contributed by atoms with E-state index >= 15 is 0 Å². The van der Waals surface area contributed by atoms with Crippen LogP contribution in [-0.2, 0) is 4.79 Å². The standard InChI is InChI=1S/C13H11N3O4S/c17-11(6-5-9-3-1-7-19-9)14-13(21)16-15-12(18)10-4-2-8-20-10/h1-8H,(H,15,18)(H2,14,16,17,21)/b6-5+. The highest BCUT2D eigenvalue weighted by atomic mass is 32.1. The zero-order valence-corrected chi connectivity index (χ0v) is 11.5. The van der Waals surface area contributed by atoms with E-state index in [9.17, 15) is 9.59 Å².